The Bertz CT molecular complexity index is 528. The summed E-state index contributed by atoms with van der Waals surface area (Å²) in [4.78, 5) is 18.6. The Labute approximate surface area is 120 Å². The van der Waals surface area contributed by atoms with Crippen LogP contribution in [0, 0.1) is 24.7 Å². The van der Waals surface area contributed by atoms with Crippen molar-refractivity contribution in [2.45, 2.75) is 32.6 Å². The molecule has 2 aliphatic carbocycles. The van der Waals surface area contributed by atoms with Gasteiger partial charge in [-0.25, -0.2) is 0 Å². The van der Waals surface area contributed by atoms with Crippen molar-refractivity contribution in [3.05, 3.63) is 23.5 Å². The lowest BCUT2D eigenvalue weighted by molar-refractivity contribution is 0.0753. The first-order valence-electron chi connectivity index (χ1n) is 7.52. The van der Waals surface area contributed by atoms with Gasteiger partial charge in [-0.15, -0.1) is 0 Å². The highest BCUT2D eigenvalue weighted by atomic mass is 16.2. The predicted molar refractivity (Wildman–Crippen MR) is 79.3 cm³/mol. The summed E-state index contributed by atoms with van der Waals surface area (Å²) in [5.74, 6) is 2.50. The third kappa shape index (κ3) is 2.39. The van der Waals surface area contributed by atoms with Gasteiger partial charge in [0.1, 0.15) is 0 Å². The van der Waals surface area contributed by atoms with Gasteiger partial charge in [0.05, 0.1) is 23.1 Å². The zero-order valence-electron chi connectivity index (χ0n) is 12.3. The van der Waals surface area contributed by atoms with Crippen molar-refractivity contribution < 1.29 is 4.79 Å². The molecule has 1 aromatic heterocycles. The van der Waals surface area contributed by atoms with Crippen molar-refractivity contribution in [1.29, 1.82) is 0 Å². The lowest BCUT2D eigenvalue weighted by Gasteiger charge is -2.27. The maximum absolute atomic E-state index is 12.5. The lowest BCUT2D eigenvalue weighted by Crippen LogP contribution is -2.34. The molecule has 20 heavy (non-hydrogen) atoms. The molecular weight excluding hydrogens is 250 g/mol. The van der Waals surface area contributed by atoms with Crippen LogP contribution in [0.3, 0.4) is 0 Å². The van der Waals surface area contributed by atoms with Crippen LogP contribution in [0.4, 0.5) is 5.69 Å². The van der Waals surface area contributed by atoms with E-state index in [0.29, 0.717) is 17.2 Å². The third-order valence-electron chi connectivity index (χ3n) is 5.08. The minimum Gasteiger partial charge on any atom is -0.397 e. The first-order chi connectivity index (χ1) is 9.54. The molecule has 0 aromatic carbocycles. The second-order valence-corrected chi connectivity index (χ2v) is 6.52. The van der Waals surface area contributed by atoms with Gasteiger partial charge < -0.3 is 10.6 Å². The van der Waals surface area contributed by atoms with Gasteiger partial charge in [-0.3, -0.25) is 9.78 Å². The van der Waals surface area contributed by atoms with Crippen LogP contribution in [-0.4, -0.2) is 29.4 Å². The molecule has 1 amide bonds. The molecule has 2 bridgehead atoms. The summed E-state index contributed by atoms with van der Waals surface area (Å²) in [6, 6.07) is 1.74. The maximum atomic E-state index is 12.5. The highest BCUT2D eigenvalue weighted by Crippen LogP contribution is 2.48. The number of rotatable bonds is 3. The second-order valence-electron chi connectivity index (χ2n) is 6.52. The molecule has 2 fully saturated rings. The van der Waals surface area contributed by atoms with Crippen LogP contribution in [-0.2, 0) is 0 Å². The second kappa shape index (κ2) is 5.08. The van der Waals surface area contributed by atoms with E-state index >= 15 is 0 Å². The Kier molecular flexibility index (Phi) is 3.40. The molecule has 2 saturated carbocycles. The number of nitrogen functional groups attached to an aromatic ring is 1. The normalized spacial score (nSPS) is 27.8. The number of hydrogen-bond acceptors (Lipinski definition) is 3. The van der Waals surface area contributed by atoms with Crippen LogP contribution in [0.1, 0.15) is 41.7 Å². The average molecular weight is 273 g/mol. The number of nitrogens with zero attached hydrogens (tertiary/aromatic N) is 2. The summed E-state index contributed by atoms with van der Waals surface area (Å²) in [6.07, 6.45) is 7.04. The first kappa shape index (κ1) is 13.4. The van der Waals surface area contributed by atoms with Crippen molar-refractivity contribution in [2.24, 2.45) is 17.8 Å². The van der Waals surface area contributed by atoms with E-state index in [-0.39, 0.29) is 5.91 Å². The van der Waals surface area contributed by atoms with E-state index in [9.17, 15) is 4.79 Å². The standard InChI is InChI=1S/C16H23N3O/c1-10-15(7-14(17)8-18-10)16(20)19(2)9-13-6-11-3-4-12(13)5-11/h7-8,11-13H,3-6,9,17H2,1-2H3. The number of hydrogen-bond donors (Lipinski definition) is 1. The molecule has 3 unspecified atom stereocenters. The number of amides is 1. The molecule has 4 nitrogen and oxygen atoms in total. The van der Waals surface area contributed by atoms with Crippen molar-refractivity contribution in [3.63, 3.8) is 0 Å². The molecule has 0 radical (unpaired) electrons. The molecule has 4 heteroatoms. The monoisotopic (exact) mass is 273 g/mol. The Balaban J connectivity index is 1.69. The van der Waals surface area contributed by atoms with Crippen molar-refractivity contribution in [2.75, 3.05) is 19.3 Å². The number of carbonyl (C=O) groups is 1. The Hall–Kier alpha value is -1.58. The summed E-state index contributed by atoms with van der Waals surface area (Å²) in [7, 11) is 1.90. The van der Waals surface area contributed by atoms with Gasteiger partial charge in [0.25, 0.3) is 5.91 Å². The third-order valence-corrected chi connectivity index (χ3v) is 5.08. The smallest absolute Gasteiger partial charge is 0.255 e. The van der Waals surface area contributed by atoms with E-state index in [4.69, 9.17) is 5.73 Å². The molecule has 0 saturated heterocycles. The quantitative estimate of drug-likeness (QED) is 0.920. The van der Waals surface area contributed by atoms with Gasteiger partial charge in [-0.05, 0) is 50.0 Å². The molecule has 3 rings (SSSR count). The summed E-state index contributed by atoms with van der Waals surface area (Å²) in [5.41, 5.74) is 7.68. The maximum Gasteiger partial charge on any atom is 0.255 e. The number of anilines is 1. The first-order valence-corrected chi connectivity index (χ1v) is 7.52. The van der Waals surface area contributed by atoms with Gasteiger partial charge in [0, 0.05) is 13.6 Å². The number of carbonyl (C=O) groups excluding carboxylic acids is 1. The number of aromatic nitrogens is 1. The van der Waals surface area contributed by atoms with E-state index in [1.54, 1.807) is 12.3 Å². The fourth-order valence-electron chi connectivity index (χ4n) is 4.01. The fourth-order valence-corrected chi connectivity index (χ4v) is 4.01. The number of pyridine rings is 1. The molecule has 1 aromatic rings. The molecule has 2 aliphatic rings. The summed E-state index contributed by atoms with van der Waals surface area (Å²) >= 11 is 0. The van der Waals surface area contributed by atoms with Crippen molar-refractivity contribution >= 4 is 11.6 Å². The van der Waals surface area contributed by atoms with Crippen LogP contribution >= 0.6 is 0 Å². The van der Waals surface area contributed by atoms with Crippen LogP contribution in [0.2, 0.25) is 0 Å². The van der Waals surface area contributed by atoms with Crippen LogP contribution in [0.25, 0.3) is 0 Å². The van der Waals surface area contributed by atoms with Crippen LogP contribution in [0.15, 0.2) is 12.3 Å². The zero-order chi connectivity index (χ0) is 14.3. The molecule has 3 atom stereocenters. The highest BCUT2D eigenvalue weighted by Gasteiger charge is 2.40. The number of nitrogens with two attached hydrogens (primary N) is 1. The van der Waals surface area contributed by atoms with E-state index in [1.165, 1.54) is 25.7 Å². The topological polar surface area (TPSA) is 59.2 Å². The van der Waals surface area contributed by atoms with Crippen molar-refractivity contribution in [1.82, 2.24) is 9.88 Å². The lowest BCUT2D eigenvalue weighted by atomic mass is 9.88. The molecule has 108 valence electrons. The molecule has 0 spiro atoms. The molecule has 0 aliphatic heterocycles. The van der Waals surface area contributed by atoms with Gasteiger partial charge in [0.2, 0.25) is 0 Å². The van der Waals surface area contributed by atoms with Crippen LogP contribution in [0.5, 0.6) is 0 Å². The summed E-state index contributed by atoms with van der Waals surface area (Å²) in [5, 5.41) is 0. The zero-order valence-corrected chi connectivity index (χ0v) is 12.3. The summed E-state index contributed by atoms with van der Waals surface area (Å²) < 4.78 is 0. The summed E-state index contributed by atoms with van der Waals surface area (Å²) in [6.45, 7) is 2.73. The van der Waals surface area contributed by atoms with Crippen molar-refractivity contribution in [3.8, 4) is 0 Å². The predicted octanol–water partition coefficient (Wildman–Crippen LogP) is 2.48. The van der Waals surface area contributed by atoms with E-state index < -0.39 is 0 Å². The molecular formula is C16H23N3O. The van der Waals surface area contributed by atoms with Crippen LogP contribution < -0.4 is 5.73 Å². The van der Waals surface area contributed by atoms with Gasteiger partial charge in [-0.2, -0.15) is 0 Å². The Morgan fingerprint density at radius 2 is 2.25 bits per heavy atom. The Morgan fingerprint density at radius 1 is 1.45 bits per heavy atom. The minimum atomic E-state index is 0.0464. The minimum absolute atomic E-state index is 0.0464. The van der Waals surface area contributed by atoms with E-state index in [2.05, 4.69) is 4.98 Å². The van der Waals surface area contributed by atoms with E-state index in [0.717, 1.165) is 24.1 Å². The highest BCUT2D eigenvalue weighted by molar-refractivity contribution is 5.95. The van der Waals surface area contributed by atoms with E-state index in [1.807, 2.05) is 18.9 Å². The van der Waals surface area contributed by atoms with Gasteiger partial charge in [0.15, 0.2) is 0 Å². The largest absolute Gasteiger partial charge is 0.397 e. The Morgan fingerprint density at radius 3 is 2.90 bits per heavy atom. The average Bonchev–Trinajstić information content (AvgIpc) is 3.03. The number of fused-ring (bicyclic) bond motifs is 2. The van der Waals surface area contributed by atoms with Gasteiger partial charge in [-0.1, -0.05) is 6.42 Å². The molecule has 2 N–H and O–H groups in total. The van der Waals surface area contributed by atoms with Gasteiger partial charge >= 0.3 is 0 Å². The fraction of sp³-hybridized carbons (Fsp3) is 0.625. The SMILES string of the molecule is Cc1ncc(N)cc1C(=O)N(C)CC1CC2CCC1C2. The number of aryl methyl sites for hydroxylation is 1. The molecule has 1 heterocycles.